The number of hydrogen-bond donors (Lipinski definition) is 0. The second kappa shape index (κ2) is 7.33. The molecule has 10 atom stereocenters. The highest BCUT2D eigenvalue weighted by Gasteiger charge is 2.81. The Kier molecular flexibility index (Phi) is 4.89. The summed E-state index contributed by atoms with van der Waals surface area (Å²) in [7, 11) is 0. The Bertz CT molecular complexity index is 1090. The van der Waals surface area contributed by atoms with Gasteiger partial charge in [-0.25, -0.2) is 0 Å². The maximum atomic E-state index is 4.85. The molecule has 36 heavy (non-hydrogen) atoms. The first-order valence-electron chi connectivity index (χ1n) is 15.8. The average Bonchev–Trinajstić information content (AvgIpc) is 3.58. The van der Waals surface area contributed by atoms with Crippen LogP contribution in [0.15, 0.2) is 47.1 Å². The summed E-state index contributed by atoms with van der Waals surface area (Å²) in [5.74, 6) is 6.30. The van der Waals surface area contributed by atoms with Crippen LogP contribution in [0.4, 0.5) is 0 Å². The van der Waals surface area contributed by atoms with E-state index in [0.717, 1.165) is 41.4 Å². The first kappa shape index (κ1) is 24.0. The minimum atomic E-state index is 0.316. The van der Waals surface area contributed by atoms with Crippen molar-refractivity contribution in [1.29, 1.82) is 0 Å². The third-order valence-electron chi connectivity index (χ3n) is 15.1. The van der Waals surface area contributed by atoms with Gasteiger partial charge in [0.05, 0.1) is 0 Å². The van der Waals surface area contributed by atoms with E-state index >= 15 is 0 Å². The molecule has 7 aliphatic rings. The molecule has 0 heteroatoms. The standard InChI is InChI=1S/C36H52/c1-9-27-22(3)16-25(17-23(27)4)19-26-10-11-29-28-20-32-35(8)31(36(32)14-15-36)18-21(2)24(5)34(35,7)30(28)12-13-33(26,29)6/h18,25-26,28-32H,3,5,9-17,19-20H2,1-2,4,6-8H3. The Labute approximate surface area is 222 Å². The molecule has 0 bridgehead atoms. The summed E-state index contributed by atoms with van der Waals surface area (Å²) in [5.41, 5.74) is 9.81. The predicted molar refractivity (Wildman–Crippen MR) is 152 cm³/mol. The molecule has 10 unspecified atom stereocenters. The van der Waals surface area contributed by atoms with Crippen LogP contribution in [0.2, 0.25) is 0 Å². The molecule has 0 nitrogen and oxygen atoms in total. The fourth-order valence-electron chi connectivity index (χ4n) is 13.2. The van der Waals surface area contributed by atoms with Gasteiger partial charge in [0.2, 0.25) is 0 Å². The van der Waals surface area contributed by atoms with Crippen LogP contribution in [0.3, 0.4) is 0 Å². The van der Waals surface area contributed by atoms with Gasteiger partial charge in [-0.15, -0.1) is 0 Å². The van der Waals surface area contributed by atoms with Crippen LogP contribution in [0.25, 0.3) is 0 Å². The molecule has 5 saturated carbocycles. The van der Waals surface area contributed by atoms with Crippen molar-refractivity contribution in [2.24, 2.45) is 63.1 Å². The first-order chi connectivity index (χ1) is 17.0. The zero-order chi connectivity index (χ0) is 25.4. The van der Waals surface area contributed by atoms with Gasteiger partial charge in [-0.05, 0) is 153 Å². The molecule has 7 aliphatic carbocycles. The van der Waals surface area contributed by atoms with E-state index < -0.39 is 0 Å². The van der Waals surface area contributed by atoms with Crippen LogP contribution in [0.5, 0.6) is 0 Å². The summed E-state index contributed by atoms with van der Waals surface area (Å²) in [5, 5.41) is 0. The van der Waals surface area contributed by atoms with Gasteiger partial charge >= 0.3 is 0 Å². The monoisotopic (exact) mass is 484 g/mol. The van der Waals surface area contributed by atoms with E-state index in [4.69, 9.17) is 6.58 Å². The van der Waals surface area contributed by atoms with Crippen molar-refractivity contribution in [3.63, 3.8) is 0 Å². The highest BCUT2D eigenvalue weighted by molar-refractivity contribution is 5.48. The largest absolute Gasteiger partial charge is 0.0955 e. The van der Waals surface area contributed by atoms with Gasteiger partial charge in [-0.2, -0.15) is 0 Å². The van der Waals surface area contributed by atoms with Crippen molar-refractivity contribution in [2.45, 2.75) is 112 Å². The van der Waals surface area contributed by atoms with E-state index in [2.05, 4.69) is 54.2 Å². The van der Waals surface area contributed by atoms with Gasteiger partial charge < -0.3 is 0 Å². The minimum Gasteiger partial charge on any atom is -0.0955 e. The fourth-order valence-corrected chi connectivity index (χ4v) is 13.2. The predicted octanol–water partition coefficient (Wildman–Crippen LogP) is 10.1. The maximum absolute atomic E-state index is 4.85. The zero-order valence-corrected chi connectivity index (χ0v) is 24.3. The molecule has 0 N–H and O–H groups in total. The average molecular weight is 485 g/mol. The van der Waals surface area contributed by atoms with Crippen LogP contribution in [-0.4, -0.2) is 0 Å². The van der Waals surface area contributed by atoms with Crippen LogP contribution in [0.1, 0.15) is 112 Å². The lowest BCUT2D eigenvalue weighted by atomic mass is 9.26. The molecule has 0 aliphatic heterocycles. The smallest absolute Gasteiger partial charge is 0.00148 e. The van der Waals surface area contributed by atoms with Gasteiger partial charge in [0, 0.05) is 5.41 Å². The van der Waals surface area contributed by atoms with Gasteiger partial charge in [0.25, 0.3) is 0 Å². The topological polar surface area (TPSA) is 0 Å². The second-order valence-corrected chi connectivity index (χ2v) is 15.7. The van der Waals surface area contributed by atoms with Crippen molar-refractivity contribution in [2.75, 3.05) is 0 Å². The number of fused-ring (bicyclic) bond motifs is 6. The van der Waals surface area contributed by atoms with Crippen LogP contribution < -0.4 is 0 Å². The molecule has 5 fully saturated rings. The van der Waals surface area contributed by atoms with E-state index in [9.17, 15) is 0 Å². The van der Waals surface area contributed by atoms with E-state index in [1.165, 1.54) is 75.4 Å². The van der Waals surface area contributed by atoms with Crippen molar-refractivity contribution in [3.05, 3.63) is 47.1 Å². The van der Waals surface area contributed by atoms with Gasteiger partial charge in [-0.3, -0.25) is 0 Å². The van der Waals surface area contributed by atoms with Gasteiger partial charge in [0.1, 0.15) is 0 Å². The van der Waals surface area contributed by atoms with Crippen molar-refractivity contribution < 1.29 is 0 Å². The molecule has 0 saturated heterocycles. The number of hydrogen-bond acceptors (Lipinski definition) is 0. The molecule has 1 spiro atoms. The number of rotatable bonds is 3. The lowest BCUT2D eigenvalue weighted by molar-refractivity contribution is -0.258. The molecular formula is C36H52. The van der Waals surface area contributed by atoms with E-state index in [1.54, 1.807) is 23.1 Å². The molecule has 0 aromatic rings. The highest BCUT2D eigenvalue weighted by atomic mass is 14.9. The molecule has 0 heterocycles. The van der Waals surface area contributed by atoms with Crippen molar-refractivity contribution in [1.82, 2.24) is 0 Å². The van der Waals surface area contributed by atoms with Crippen LogP contribution >= 0.6 is 0 Å². The van der Waals surface area contributed by atoms with Crippen LogP contribution in [0, 0.1) is 63.1 Å². The summed E-state index contributed by atoms with van der Waals surface area (Å²) in [4.78, 5) is 0. The summed E-state index contributed by atoms with van der Waals surface area (Å²) in [6.07, 6.45) is 18.4. The Morgan fingerprint density at radius 3 is 2.36 bits per heavy atom. The van der Waals surface area contributed by atoms with E-state index in [1.807, 2.05) is 0 Å². The zero-order valence-electron chi connectivity index (χ0n) is 24.3. The Morgan fingerprint density at radius 2 is 1.69 bits per heavy atom. The second-order valence-electron chi connectivity index (χ2n) is 15.7. The normalized spacial score (nSPS) is 52.4. The summed E-state index contributed by atoms with van der Waals surface area (Å²) in [6.45, 7) is 24.7. The minimum absolute atomic E-state index is 0.316. The summed E-state index contributed by atoms with van der Waals surface area (Å²) < 4.78 is 0. The van der Waals surface area contributed by atoms with Crippen molar-refractivity contribution >= 4 is 0 Å². The first-order valence-corrected chi connectivity index (χ1v) is 15.8. The van der Waals surface area contributed by atoms with Gasteiger partial charge in [0.15, 0.2) is 0 Å². The molecule has 196 valence electrons. The Hall–Kier alpha value is -1.04. The number of allylic oxidation sites excluding steroid dienone is 6. The SMILES string of the molecule is C=C1CC(CC2CCC3C4CC5C6(CC6)C6C=C(C)C(=C)C(C)(C4CCC23C)C65C)CC(C)=C1CC. The summed E-state index contributed by atoms with van der Waals surface area (Å²) >= 11 is 0. The highest BCUT2D eigenvalue weighted by Crippen LogP contribution is 2.88. The van der Waals surface area contributed by atoms with E-state index in [0.29, 0.717) is 21.7 Å². The Balaban J connectivity index is 1.18. The quantitative estimate of drug-likeness (QED) is 0.374. The fraction of sp³-hybridized carbons (Fsp3) is 0.778. The molecule has 0 amide bonds. The molecular weight excluding hydrogens is 432 g/mol. The summed E-state index contributed by atoms with van der Waals surface area (Å²) in [6, 6.07) is 0. The molecule has 0 radical (unpaired) electrons. The third-order valence-corrected chi connectivity index (χ3v) is 15.1. The maximum Gasteiger partial charge on any atom is 0.00148 e. The van der Waals surface area contributed by atoms with Crippen molar-refractivity contribution in [3.8, 4) is 0 Å². The lowest BCUT2D eigenvalue weighted by Crippen LogP contribution is -2.72. The molecule has 0 aromatic carbocycles. The lowest BCUT2D eigenvalue weighted by Gasteiger charge is -2.77. The Morgan fingerprint density at radius 1 is 0.944 bits per heavy atom. The van der Waals surface area contributed by atoms with Gasteiger partial charge in [-0.1, -0.05) is 63.6 Å². The third kappa shape index (κ3) is 2.59. The molecule has 0 aromatic heterocycles. The molecule has 7 rings (SSSR count). The van der Waals surface area contributed by atoms with E-state index in [-0.39, 0.29) is 0 Å². The van der Waals surface area contributed by atoms with Crippen LogP contribution in [-0.2, 0) is 0 Å².